The number of nitrogens with zero attached hydrogens (tertiary/aromatic N) is 8. The summed E-state index contributed by atoms with van der Waals surface area (Å²) in [6, 6.07) is 8.49. The van der Waals surface area contributed by atoms with Crippen molar-refractivity contribution in [2.45, 2.75) is 18.9 Å². The lowest BCUT2D eigenvalue weighted by molar-refractivity contribution is 0.360. The highest BCUT2D eigenvalue weighted by atomic mass is 15.2. The summed E-state index contributed by atoms with van der Waals surface area (Å²) in [5, 5.41) is 19.8. The SMILES string of the molecule is N#CCC(C1CCN(c2nccnc2C#N)C1)n1ccc(-c2ncnc3[nH]ccc23)c1. The monoisotopic (exact) mass is 409 g/mol. The second-order valence-corrected chi connectivity index (χ2v) is 7.57. The van der Waals surface area contributed by atoms with Gasteiger partial charge >= 0.3 is 0 Å². The number of rotatable bonds is 5. The van der Waals surface area contributed by atoms with Crippen molar-refractivity contribution in [3.63, 3.8) is 0 Å². The molecule has 0 saturated carbocycles. The fraction of sp³-hybridized carbons (Fsp3) is 0.273. The van der Waals surface area contributed by atoms with Crippen molar-refractivity contribution in [3.8, 4) is 23.4 Å². The van der Waals surface area contributed by atoms with Crippen LogP contribution in [0.25, 0.3) is 22.3 Å². The van der Waals surface area contributed by atoms with Crippen molar-refractivity contribution in [2.75, 3.05) is 18.0 Å². The maximum atomic E-state index is 9.49. The average molecular weight is 409 g/mol. The van der Waals surface area contributed by atoms with Crippen molar-refractivity contribution in [2.24, 2.45) is 5.92 Å². The summed E-state index contributed by atoms with van der Waals surface area (Å²) in [6.07, 6.45) is 11.9. The summed E-state index contributed by atoms with van der Waals surface area (Å²) in [6.45, 7) is 1.51. The minimum Gasteiger partial charge on any atom is -0.354 e. The minimum atomic E-state index is 0.0227. The number of fused-ring (bicyclic) bond motifs is 1. The average Bonchev–Trinajstić information content (AvgIpc) is 3.57. The fourth-order valence-corrected chi connectivity index (χ4v) is 4.41. The molecule has 5 heterocycles. The van der Waals surface area contributed by atoms with Crippen LogP contribution in [-0.2, 0) is 0 Å². The summed E-state index contributed by atoms with van der Waals surface area (Å²) in [5.41, 5.74) is 3.00. The van der Waals surface area contributed by atoms with E-state index >= 15 is 0 Å². The van der Waals surface area contributed by atoms with Gasteiger partial charge in [-0.15, -0.1) is 0 Å². The minimum absolute atomic E-state index is 0.0227. The molecule has 0 spiro atoms. The van der Waals surface area contributed by atoms with Crippen LogP contribution in [0.2, 0.25) is 0 Å². The molecule has 9 heteroatoms. The number of hydrogen-bond acceptors (Lipinski definition) is 7. The maximum absolute atomic E-state index is 9.49. The highest BCUT2D eigenvalue weighted by Gasteiger charge is 2.32. The molecule has 2 unspecified atom stereocenters. The molecule has 1 aliphatic rings. The largest absolute Gasteiger partial charge is 0.354 e. The Labute approximate surface area is 178 Å². The smallest absolute Gasteiger partial charge is 0.183 e. The lowest BCUT2D eigenvalue weighted by atomic mass is 9.96. The molecular formula is C22H19N9. The Hall–Kier alpha value is -4.24. The van der Waals surface area contributed by atoms with E-state index in [1.807, 2.05) is 24.5 Å². The molecule has 152 valence electrons. The topological polar surface area (TPSA) is 123 Å². The van der Waals surface area contributed by atoms with Gasteiger partial charge in [0.15, 0.2) is 11.5 Å². The summed E-state index contributed by atoms with van der Waals surface area (Å²) in [5.74, 6) is 0.873. The third kappa shape index (κ3) is 3.36. The van der Waals surface area contributed by atoms with Gasteiger partial charge in [0.1, 0.15) is 18.0 Å². The molecule has 0 amide bonds. The molecule has 1 aliphatic heterocycles. The molecular weight excluding hydrogens is 390 g/mol. The molecule has 4 aromatic rings. The van der Waals surface area contributed by atoms with Crippen LogP contribution in [0.15, 0.2) is 49.4 Å². The number of anilines is 1. The lowest BCUT2D eigenvalue weighted by Crippen LogP contribution is -2.25. The first kappa shape index (κ1) is 18.8. The van der Waals surface area contributed by atoms with E-state index < -0.39 is 0 Å². The Bertz CT molecular complexity index is 1310. The van der Waals surface area contributed by atoms with Gasteiger partial charge in [0.2, 0.25) is 0 Å². The first-order valence-electron chi connectivity index (χ1n) is 10.1. The van der Waals surface area contributed by atoms with Gasteiger partial charge in [-0.25, -0.2) is 19.9 Å². The van der Waals surface area contributed by atoms with Crippen LogP contribution in [0, 0.1) is 28.6 Å². The van der Waals surface area contributed by atoms with Crippen molar-refractivity contribution < 1.29 is 0 Å². The molecule has 0 aromatic carbocycles. The predicted octanol–water partition coefficient (Wildman–Crippen LogP) is 3.07. The van der Waals surface area contributed by atoms with Gasteiger partial charge in [0.25, 0.3) is 0 Å². The molecule has 1 saturated heterocycles. The molecule has 31 heavy (non-hydrogen) atoms. The summed E-state index contributed by atoms with van der Waals surface area (Å²) in [7, 11) is 0. The molecule has 2 atom stereocenters. The third-order valence-corrected chi connectivity index (χ3v) is 5.88. The number of hydrogen-bond donors (Lipinski definition) is 1. The lowest BCUT2D eigenvalue weighted by Gasteiger charge is -2.24. The Morgan fingerprint density at radius 2 is 2.06 bits per heavy atom. The number of H-pyrrole nitrogens is 1. The van der Waals surface area contributed by atoms with Crippen molar-refractivity contribution in [1.29, 1.82) is 10.5 Å². The van der Waals surface area contributed by atoms with Crippen LogP contribution in [0.4, 0.5) is 5.82 Å². The summed E-state index contributed by atoms with van der Waals surface area (Å²) < 4.78 is 2.12. The van der Waals surface area contributed by atoms with Gasteiger partial charge in [-0.05, 0) is 24.5 Å². The molecule has 0 bridgehead atoms. The fourth-order valence-electron chi connectivity index (χ4n) is 4.41. The van der Waals surface area contributed by atoms with E-state index in [1.54, 1.807) is 12.5 Å². The van der Waals surface area contributed by atoms with Gasteiger partial charge in [-0.1, -0.05) is 0 Å². The van der Waals surface area contributed by atoms with E-state index in [9.17, 15) is 10.5 Å². The zero-order chi connectivity index (χ0) is 21.2. The highest BCUT2D eigenvalue weighted by molar-refractivity contribution is 5.90. The molecule has 0 radical (unpaired) electrons. The molecule has 0 aliphatic carbocycles. The number of nitrogens with one attached hydrogen (secondary N) is 1. The zero-order valence-corrected chi connectivity index (χ0v) is 16.7. The van der Waals surface area contributed by atoms with Gasteiger partial charge < -0.3 is 14.5 Å². The first-order valence-corrected chi connectivity index (χ1v) is 10.1. The Kier molecular flexibility index (Phi) is 4.77. The Morgan fingerprint density at radius 1 is 1.16 bits per heavy atom. The van der Waals surface area contributed by atoms with E-state index in [2.05, 4.69) is 52.7 Å². The van der Waals surface area contributed by atoms with Crippen molar-refractivity contribution in [3.05, 3.63) is 55.1 Å². The van der Waals surface area contributed by atoms with E-state index in [1.165, 1.54) is 6.20 Å². The summed E-state index contributed by atoms with van der Waals surface area (Å²) in [4.78, 5) is 22.4. The van der Waals surface area contributed by atoms with Crippen LogP contribution in [0.5, 0.6) is 0 Å². The molecule has 1 fully saturated rings. The summed E-state index contributed by atoms with van der Waals surface area (Å²) >= 11 is 0. The van der Waals surface area contributed by atoms with Crippen LogP contribution in [0.1, 0.15) is 24.6 Å². The Balaban J connectivity index is 1.42. The molecule has 4 aromatic heterocycles. The van der Waals surface area contributed by atoms with E-state index in [0.29, 0.717) is 17.9 Å². The maximum Gasteiger partial charge on any atom is 0.183 e. The quantitative estimate of drug-likeness (QED) is 0.537. The Morgan fingerprint density at radius 3 is 2.94 bits per heavy atom. The van der Waals surface area contributed by atoms with Gasteiger partial charge in [0.05, 0.1) is 24.2 Å². The molecule has 1 N–H and O–H groups in total. The molecule has 9 nitrogen and oxygen atoms in total. The van der Waals surface area contributed by atoms with E-state index in [-0.39, 0.29) is 12.0 Å². The van der Waals surface area contributed by atoms with E-state index in [4.69, 9.17) is 0 Å². The number of nitriles is 2. The van der Waals surface area contributed by atoms with Crippen molar-refractivity contribution >= 4 is 16.9 Å². The van der Waals surface area contributed by atoms with Crippen LogP contribution >= 0.6 is 0 Å². The van der Waals surface area contributed by atoms with Gasteiger partial charge in [-0.2, -0.15) is 10.5 Å². The second kappa shape index (κ2) is 7.88. The van der Waals surface area contributed by atoms with Gasteiger partial charge in [-0.3, -0.25) is 0 Å². The standard InChI is InChI=1S/C22H19N9/c23-5-1-19(15-3-10-31(12-15)22-18(11-24)25-7-8-27-22)30-9-4-16(13-30)20-17-2-6-26-21(17)29-14-28-20/h2,4,6-9,13-15,19H,1,3,10,12H2,(H,26,28,29). The van der Waals surface area contributed by atoms with Crippen LogP contribution in [-0.4, -0.2) is 42.6 Å². The van der Waals surface area contributed by atoms with E-state index in [0.717, 1.165) is 41.8 Å². The first-order chi connectivity index (χ1) is 15.3. The highest BCUT2D eigenvalue weighted by Crippen LogP contribution is 2.35. The zero-order valence-electron chi connectivity index (χ0n) is 16.7. The number of aromatic amines is 1. The normalized spacial score (nSPS) is 16.8. The van der Waals surface area contributed by atoms with Crippen LogP contribution < -0.4 is 4.90 Å². The van der Waals surface area contributed by atoms with Gasteiger partial charge in [0, 0.05) is 55.0 Å². The molecule has 5 rings (SSSR count). The predicted molar refractivity (Wildman–Crippen MR) is 114 cm³/mol. The van der Waals surface area contributed by atoms with Crippen LogP contribution in [0.3, 0.4) is 0 Å². The third-order valence-electron chi connectivity index (χ3n) is 5.88. The number of aromatic nitrogens is 6. The second-order valence-electron chi connectivity index (χ2n) is 7.57. The van der Waals surface area contributed by atoms with Crippen molar-refractivity contribution in [1.82, 2.24) is 29.5 Å².